The second-order valence-electron chi connectivity index (χ2n) is 5.91. The number of hydrogen-bond acceptors (Lipinski definition) is 3. The lowest BCUT2D eigenvalue weighted by atomic mass is 10.2. The Bertz CT molecular complexity index is 172. The minimum absolute atomic E-state index is 0.290. The fourth-order valence-corrected chi connectivity index (χ4v) is 8.38. The molecular weight excluding hydrogens is 327 g/mol. The van der Waals surface area contributed by atoms with E-state index < -0.39 is 0 Å². The lowest BCUT2D eigenvalue weighted by Gasteiger charge is -2.16. The molecule has 0 aliphatic rings. The van der Waals surface area contributed by atoms with E-state index in [2.05, 4.69) is 43.5 Å². The van der Waals surface area contributed by atoms with E-state index in [0.717, 1.165) is 6.61 Å². The molecule has 0 aromatic rings. The predicted octanol–water partition coefficient (Wildman–Crippen LogP) is 8.44. The molecule has 0 rings (SSSR count). The van der Waals surface area contributed by atoms with Gasteiger partial charge >= 0.3 is 0 Å². The quantitative estimate of drug-likeness (QED) is 0.178. The molecule has 0 amide bonds. The molecule has 1 nitrogen and oxygen atoms in total. The molecule has 0 atom stereocenters. The molecule has 134 valence electrons. The normalized spacial score (nSPS) is 11.5. The van der Waals surface area contributed by atoms with Gasteiger partial charge in [0, 0.05) is 11.5 Å². The van der Waals surface area contributed by atoms with Crippen molar-refractivity contribution in [2.75, 3.05) is 18.1 Å². The Morgan fingerprint density at radius 1 is 0.591 bits per heavy atom. The summed E-state index contributed by atoms with van der Waals surface area (Å²) in [6.45, 7) is 7.53. The molecule has 4 heteroatoms. The molecule has 0 unspecified atom stereocenters. The van der Waals surface area contributed by atoms with E-state index in [1.54, 1.807) is 0 Å². The summed E-state index contributed by atoms with van der Waals surface area (Å²) in [5, 5.41) is 0. The van der Waals surface area contributed by atoms with E-state index in [-0.39, 0.29) is 6.55 Å². The van der Waals surface area contributed by atoms with Gasteiger partial charge in [-0.05, 0) is 19.3 Å². The molecule has 0 saturated carbocycles. The van der Waals surface area contributed by atoms with Gasteiger partial charge in [-0.3, -0.25) is 0 Å². The zero-order valence-electron chi connectivity index (χ0n) is 15.3. The van der Waals surface area contributed by atoms with Crippen molar-refractivity contribution in [2.45, 2.75) is 97.8 Å². The van der Waals surface area contributed by atoms with Crippen LogP contribution in [0.1, 0.15) is 97.8 Å². The van der Waals surface area contributed by atoms with Crippen LogP contribution in [0.25, 0.3) is 0 Å². The molecule has 0 spiro atoms. The highest BCUT2D eigenvalue weighted by Crippen LogP contribution is 2.62. The zero-order valence-corrected chi connectivity index (χ0v) is 17.8. The standard InChI is InChI=1S/C18H39OPS2/c1-4-7-10-13-16-19-20(21-17-14-11-8-5-2)22-18-15-12-9-6-3/h4-18H2,1-3H3. The van der Waals surface area contributed by atoms with Gasteiger partial charge in [0.2, 0.25) is 0 Å². The first-order chi connectivity index (χ1) is 10.8. The summed E-state index contributed by atoms with van der Waals surface area (Å²) in [4.78, 5) is 0. The largest absolute Gasteiger partial charge is 0.339 e. The summed E-state index contributed by atoms with van der Waals surface area (Å²) in [7, 11) is 0. The van der Waals surface area contributed by atoms with Crippen molar-refractivity contribution >= 4 is 29.3 Å². The maximum atomic E-state index is 6.19. The Morgan fingerprint density at radius 3 is 1.50 bits per heavy atom. The fraction of sp³-hybridized carbons (Fsp3) is 1.00. The molecular formula is C18H39OPS2. The smallest absolute Gasteiger partial charge is 0.151 e. The second-order valence-corrected chi connectivity index (χ2v) is 12.2. The minimum Gasteiger partial charge on any atom is -0.339 e. The number of hydrogen-bond donors (Lipinski definition) is 0. The van der Waals surface area contributed by atoms with Gasteiger partial charge in [0.1, 0.15) is 0 Å². The first-order valence-electron chi connectivity index (χ1n) is 9.54. The molecule has 0 aromatic heterocycles. The van der Waals surface area contributed by atoms with Gasteiger partial charge < -0.3 is 4.52 Å². The Morgan fingerprint density at radius 2 is 1.05 bits per heavy atom. The summed E-state index contributed by atoms with van der Waals surface area (Å²) in [5.74, 6) is 2.59. The van der Waals surface area contributed by atoms with Crippen LogP contribution in [0.2, 0.25) is 0 Å². The van der Waals surface area contributed by atoms with Gasteiger partial charge in [-0.25, -0.2) is 0 Å². The minimum atomic E-state index is -0.290. The summed E-state index contributed by atoms with van der Waals surface area (Å²) in [6.07, 6.45) is 16.2. The molecule has 0 radical (unpaired) electrons. The van der Waals surface area contributed by atoms with Gasteiger partial charge in [0.25, 0.3) is 0 Å². The molecule has 0 fully saturated rings. The van der Waals surface area contributed by atoms with Crippen LogP contribution in [0.3, 0.4) is 0 Å². The topological polar surface area (TPSA) is 9.23 Å². The molecule has 0 aliphatic heterocycles. The van der Waals surface area contributed by atoms with Crippen molar-refractivity contribution in [3.8, 4) is 0 Å². The van der Waals surface area contributed by atoms with E-state index in [9.17, 15) is 0 Å². The van der Waals surface area contributed by atoms with Crippen LogP contribution < -0.4 is 0 Å². The molecule has 0 N–H and O–H groups in total. The Labute approximate surface area is 149 Å². The number of rotatable bonds is 18. The van der Waals surface area contributed by atoms with Gasteiger partial charge in [0.15, 0.2) is 6.55 Å². The summed E-state index contributed by atoms with van der Waals surface area (Å²) >= 11 is 4.21. The van der Waals surface area contributed by atoms with E-state index in [0.29, 0.717) is 0 Å². The highest BCUT2D eigenvalue weighted by molar-refractivity contribution is 8.86. The van der Waals surface area contributed by atoms with Crippen LogP contribution in [0.5, 0.6) is 0 Å². The van der Waals surface area contributed by atoms with E-state index in [1.807, 2.05) is 0 Å². The lowest BCUT2D eigenvalue weighted by molar-refractivity contribution is 0.350. The van der Waals surface area contributed by atoms with Crippen LogP contribution in [0, 0.1) is 0 Å². The highest BCUT2D eigenvalue weighted by Gasteiger charge is 2.10. The van der Waals surface area contributed by atoms with Gasteiger partial charge in [-0.2, -0.15) is 0 Å². The third kappa shape index (κ3) is 17.4. The first kappa shape index (κ1) is 23.1. The second kappa shape index (κ2) is 20.1. The Hall–Kier alpha value is 1.09. The highest BCUT2D eigenvalue weighted by atomic mass is 33.1. The molecule has 0 aromatic carbocycles. The third-order valence-corrected chi connectivity index (χ3v) is 10.2. The maximum absolute atomic E-state index is 6.19. The van der Waals surface area contributed by atoms with Crippen molar-refractivity contribution < 1.29 is 4.52 Å². The predicted molar refractivity (Wildman–Crippen MR) is 110 cm³/mol. The van der Waals surface area contributed by atoms with Crippen LogP contribution >= 0.6 is 29.3 Å². The van der Waals surface area contributed by atoms with Crippen LogP contribution in [0.15, 0.2) is 0 Å². The summed E-state index contributed by atoms with van der Waals surface area (Å²) < 4.78 is 6.19. The zero-order chi connectivity index (χ0) is 16.3. The van der Waals surface area contributed by atoms with E-state index in [1.165, 1.54) is 88.6 Å². The average molecular weight is 367 g/mol. The van der Waals surface area contributed by atoms with Crippen LogP contribution in [-0.4, -0.2) is 18.1 Å². The monoisotopic (exact) mass is 366 g/mol. The molecule has 0 bridgehead atoms. The van der Waals surface area contributed by atoms with Crippen molar-refractivity contribution in [1.82, 2.24) is 0 Å². The molecule has 0 saturated heterocycles. The van der Waals surface area contributed by atoms with Crippen molar-refractivity contribution in [2.24, 2.45) is 0 Å². The van der Waals surface area contributed by atoms with Crippen LogP contribution in [-0.2, 0) is 4.52 Å². The van der Waals surface area contributed by atoms with Crippen molar-refractivity contribution in [1.29, 1.82) is 0 Å². The van der Waals surface area contributed by atoms with E-state index >= 15 is 0 Å². The van der Waals surface area contributed by atoms with Gasteiger partial charge in [-0.15, -0.1) is 0 Å². The Balaban J connectivity index is 3.72. The van der Waals surface area contributed by atoms with Crippen molar-refractivity contribution in [3.05, 3.63) is 0 Å². The fourth-order valence-electron chi connectivity index (χ4n) is 2.12. The lowest BCUT2D eigenvalue weighted by Crippen LogP contribution is -1.89. The van der Waals surface area contributed by atoms with Crippen molar-refractivity contribution in [3.63, 3.8) is 0 Å². The summed E-state index contributed by atoms with van der Waals surface area (Å²) in [5.41, 5.74) is 0. The Kier molecular flexibility index (Phi) is 21.1. The van der Waals surface area contributed by atoms with E-state index in [4.69, 9.17) is 4.52 Å². The molecule has 22 heavy (non-hydrogen) atoms. The van der Waals surface area contributed by atoms with Gasteiger partial charge in [-0.1, -0.05) is 101 Å². The molecule has 0 heterocycles. The first-order valence-corrected chi connectivity index (χ1v) is 14.0. The maximum Gasteiger partial charge on any atom is 0.151 e. The van der Waals surface area contributed by atoms with Gasteiger partial charge in [0.05, 0.1) is 6.61 Å². The number of unbranched alkanes of at least 4 members (excludes halogenated alkanes) is 9. The SMILES string of the molecule is CCCCCCOP(SCCCCCC)SCCCCCC. The summed E-state index contributed by atoms with van der Waals surface area (Å²) in [6, 6.07) is 0. The third-order valence-electron chi connectivity index (χ3n) is 3.58. The van der Waals surface area contributed by atoms with Crippen LogP contribution in [0.4, 0.5) is 0 Å². The average Bonchev–Trinajstić information content (AvgIpc) is 2.53. The molecule has 0 aliphatic carbocycles.